The molecule has 1 atom stereocenters. The lowest BCUT2D eigenvalue weighted by Gasteiger charge is -2.37. The zero-order chi connectivity index (χ0) is 15.3. The number of allylic oxidation sites excluding steroid dienone is 1. The third-order valence-electron chi connectivity index (χ3n) is 5.13. The Balaban J connectivity index is 2.11. The third-order valence-corrected chi connectivity index (χ3v) is 5.13. The summed E-state index contributed by atoms with van der Waals surface area (Å²) >= 11 is 0. The molecule has 1 aliphatic heterocycles. The topological polar surface area (TPSA) is 91.4 Å². The molecule has 1 aromatic carbocycles. The van der Waals surface area contributed by atoms with Crippen LogP contribution in [0.5, 0.6) is 0 Å². The van der Waals surface area contributed by atoms with Crippen LogP contribution in [0.2, 0.25) is 0 Å². The van der Waals surface area contributed by atoms with E-state index < -0.39 is 11.3 Å². The Kier molecular flexibility index (Phi) is 2.55. The Morgan fingerprint density at radius 2 is 1.95 bits per heavy atom. The molecule has 0 amide bonds. The lowest BCUT2D eigenvalue weighted by Crippen LogP contribution is -2.36. The second-order valence-corrected chi connectivity index (χ2v) is 6.09. The zero-order valence-corrected chi connectivity index (χ0v) is 12.1. The maximum absolute atomic E-state index is 9.81. The standard InChI is InChI=1S/C17H15N5/c18-9-11-15(20)22-14-6-2-1-5-13(14)21-16(22)12(10-19)17(11)7-3-4-8-17/h1-2,5-6,12H,3-4,7-8,20H2/t12-/m1/s1. The van der Waals surface area contributed by atoms with E-state index >= 15 is 0 Å². The second kappa shape index (κ2) is 4.35. The number of hydrogen-bond donors (Lipinski definition) is 1. The van der Waals surface area contributed by atoms with Gasteiger partial charge >= 0.3 is 0 Å². The van der Waals surface area contributed by atoms with Crippen molar-refractivity contribution in [1.82, 2.24) is 9.55 Å². The largest absolute Gasteiger partial charge is 0.384 e. The number of imidazole rings is 1. The normalized spacial score (nSPS) is 22.5. The number of nitrogens with zero attached hydrogens (tertiary/aromatic N) is 4. The van der Waals surface area contributed by atoms with Crippen LogP contribution in [0, 0.1) is 28.1 Å². The summed E-state index contributed by atoms with van der Waals surface area (Å²) in [7, 11) is 0. The first-order valence-corrected chi connectivity index (χ1v) is 7.50. The highest BCUT2D eigenvalue weighted by Gasteiger charge is 2.51. The smallest absolute Gasteiger partial charge is 0.133 e. The van der Waals surface area contributed by atoms with Crippen LogP contribution in [0.15, 0.2) is 29.8 Å². The summed E-state index contributed by atoms with van der Waals surface area (Å²) in [6, 6.07) is 12.4. The first-order chi connectivity index (χ1) is 10.7. The Hall–Kier alpha value is -2.79. The quantitative estimate of drug-likeness (QED) is 0.807. The number of hydrogen-bond acceptors (Lipinski definition) is 4. The molecule has 1 aromatic heterocycles. The van der Waals surface area contributed by atoms with E-state index in [2.05, 4.69) is 17.1 Å². The van der Waals surface area contributed by atoms with Crippen LogP contribution in [-0.2, 0) is 0 Å². The van der Waals surface area contributed by atoms with Gasteiger partial charge in [-0.05, 0) is 25.0 Å². The predicted molar refractivity (Wildman–Crippen MR) is 82.0 cm³/mol. The molecule has 5 nitrogen and oxygen atoms in total. The molecule has 0 saturated heterocycles. The summed E-state index contributed by atoms with van der Waals surface area (Å²) in [5.74, 6) is 0.714. The molecular formula is C17H15N5. The maximum atomic E-state index is 9.81. The fraction of sp³-hybridized carbons (Fsp3) is 0.353. The number of aromatic nitrogens is 2. The Morgan fingerprint density at radius 1 is 1.23 bits per heavy atom. The van der Waals surface area contributed by atoms with Crippen molar-refractivity contribution in [3.05, 3.63) is 35.7 Å². The van der Waals surface area contributed by atoms with Gasteiger partial charge < -0.3 is 5.73 Å². The number of rotatable bonds is 0. The fourth-order valence-electron chi connectivity index (χ4n) is 4.14. The molecule has 4 rings (SSSR count). The number of nitrogens with two attached hydrogens (primary N) is 1. The maximum Gasteiger partial charge on any atom is 0.133 e. The Labute approximate surface area is 128 Å². The molecule has 0 bridgehead atoms. The SMILES string of the molecule is N#CC1=C(N)n2c(nc3ccccc32)[C@@H](C#N)C12CCCC2. The van der Waals surface area contributed by atoms with Gasteiger partial charge in [0, 0.05) is 5.41 Å². The van der Waals surface area contributed by atoms with Gasteiger partial charge in [0.05, 0.1) is 28.7 Å². The summed E-state index contributed by atoms with van der Waals surface area (Å²) in [5.41, 5.74) is 8.13. The highest BCUT2D eigenvalue weighted by atomic mass is 15.2. The van der Waals surface area contributed by atoms with Crippen molar-refractivity contribution in [3.63, 3.8) is 0 Å². The zero-order valence-electron chi connectivity index (χ0n) is 12.1. The molecule has 0 unspecified atom stereocenters. The minimum atomic E-state index is -0.453. The minimum Gasteiger partial charge on any atom is -0.384 e. The summed E-state index contributed by atoms with van der Waals surface area (Å²) in [6.45, 7) is 0. The average Bonchev–Trinajstić information content (AvgIpc) is 3.13. The summed E-state index contributed by atoms with van der Waals surface area (Å²) < 4.78 is 1.80. The second-order valence-electron chi connectivity index (χ2n) is 6.09. The predicted octanol–water partition coefficient (Wildman–Crippen LogP) is 2.87. The Morgan fingerprint density at radius 3 is 2.64 bits per heavy atom. The van der Waals surface area contributed by atoms with Crippen LogP contribution < -0.4 is 5.73 Å². The van der Waals surface area contributed by atoms with Crippen LogP contribution in [0.4, 0.5) is 0 Å². The molecule has 5 heteroatoms. The first kappa shape index (κ1) is 12.9. The number of fused-ring (bicyclic) bond motifs is 3. The van der Waals surface area contributed by atoms with Gasteiger partial charge in [-0.25, -0.2) is 4.98 Å². The number of para-hydroxylation sites is 2. The van der Waals surface area contributed by atoms with Crippen molar-refractivity contribution in [2.75, 3.05) is 0 Å². The van der Waals surface area contributed by atoms with E-state index in [1.165, 1.54) is 0 Å². The van der Waals surface area contributed by atoms with E-state index in [1.54, 1.807) is 4.57 Å². The Bertz CT molecular complexity index is 884. The minimum absolute atomic E-state index is 0.413. The average molecular weight is 289 g/mol. The van der Waals surface area contributed by atoms with Crippen LogP contribution in [0.25, 0.3) is 16.9 Å². The third kappa shape index (κ3) is 1.38. The van der Waals surface area contributed by atoms with E-state index in [1.807, 2.05) is 24.3 Å². The van der Waals surface area contributed by atoms with Crippen molar-refractivity contribution in [2.24, 2.45) is 11.1 Å². The monoisotopic (exact) mass is 289 g/mol. The molecule has 0 radical (unpaired) electrons. The summed E-state index contributed by atoms with van der Waals surface area (Å²) in [4.78, 5) is 4.66. The van der Waals surface area contributed by atoms with Crippen LogP contribution in [0.1, 0.15) is 37.4 Å². The molecule has 2 aromatic rings. The highest BCUT2D eigenvalue weighted by Crippen LogP contribution is 2.56. The summed E-state index contributed by atoms with van der Waals surface area (Å²) in [6.07, 6.45) is 3.71. The molecular weight excluding hydrogens is 274 g/mol. The van der Waals surface area contributed by atoms with Crippen molar-refractivity contribution >= 4 is 16.9 Å². The van der Waals surface area contributed by atoms with Crippen LogP contribution in [-0.4, -0.2) is 9.55 Å². The van der Waals surface area contributed by atoms with Gasteiger partial charge in [-0.3, -0.25) is 4.57 Å². The molecule has 2 heterocycles. The van der Waals surface area contributed by atoms with Crippen molar-refractivity contribution in [2.45, 2.75) is 31.6 Å². The fourth-order valence-corrected chi connectivity index (χ4v) is 4.14. The number of benzene rings is 1. The molecule has 108 valence electrons. The lowest BCUT2D eigenvalue weighted by atomic mass is 9.67. The molecule has 1 saturated carbocycles. The van der Waals surface area contributed by atoms with Gasteiger partial charge in [0.25, 0.3) is 0 Å². The molecule has 22 heavy (non-hydrogen) atoms. The van der Waals surface area contributed by atoms with Gasteiger partial charge in [-0.15, -0.1) is 0 Å². The van der Waals surface area contributed by atoms with Gasteiger partial charge in [-0.1, -0.05) is 25.0 Å². The van der Waals surface area contributed by atoms with Gasteiger partial charge in [-0.2, -0.15) is 10.5 Å². The lowest BCUT2D eigenvalue weighted by molar-refractivity contribution is 0.321. The van der Waals surface area contributed by atoms with Crippen molar-refractivity contribution in [3.8, 4) is 12.1 Å². The van der Waals surface area contributed by atoms with E-state index in [0.717, 1.165) is 36.7 Å². The van der Waals surface area contributed by atoms with Crippen LogP contribution >= 0.6 is 0 Å². The van der Waals surface area contributed by atoms with Crippen molar-refractivity contribution < 1.29 is 0 Å². The molecule has 2 N–H and O–H groups in total. The van der Waals surface area contributed by atoms with Gasteiger partial charge in [0.1, 0.15) is 17.6 Å². The van der Waals surface area contributed by atoms with Gasteiger partial charge in [0.2, 0.25) is 0 Å². The first-order valence-electron chi connectivity index (χ1n) is 7.50. The molecule has 2 aliphatic rings. The van der Waals surface area contributed by atoms with Gasteiger partial charge in [0.15, 0.2) is 0 Å². The molecule has 1 aliphatic carbocycles. The molecule has 1 fully saturated rings. The molecule has 1 spiro atoms. The van der Waals surface area contributed by atoms with E-state index in [4.69, 9.17) is 5.73 Å². The van der Waals surface area contributed by atoms with E-state index in [-0.39, 0.29) is 0 Å². The summed E-state index contributed by atoms with van der Waals surface area (Å²) in [5, 5.41) is 19.5. The highest BCUT2D eigenvalue weighted by molar-refractivity contribution is 5.82. The van der Waals surface area contributed by atoms with Crippen LogP contribution in [0.3, 0.4) is 0 Å². The van der Waals surface area contributed by atoms with Crippen molar-refractivity contribution in [1.29, 1.82) is 10.5 Å². The number of nitriles is 2. The van der Waals surface area contributed by atoms with E-state index in [0.29, 0.717) is 17.2 Å². The van der Waals surface area contributed by atoms with E-state index in [9.17, 15) is 10.5 Å².